The van der Waals surface area contributed by atoms with E-state index in [9.17, 15) is 4.79 Å². The molecule has 0 aromatic heterocycles. The van der Waals surface area contributed by atoms with Gasteiger partial charge in [-0.15, -0.1) is 0 Å². The fourth-order valence-corrected chi connectivity index (χ4v) is 3.70. The van der Waals surface area contributed by atoms with E-state index in [2.05, 4.69) is 26.1 Å². The van der Waals surface area contributed by atoms with Gasteiger partial charge in [-0.2, -0.15) is 0 Å². The first kappa shape index (κ1) is 15.5. The lowest BCUT2D eigenvalue weighted by Gasteiger charge is -2.41. The Morgan fingerprint density at radius 3 is 2.50 bits per heavy atom. The Balaban J connectivity index is 2.44. The van der Waals surface area contributed by atoms with Crippen molar-refractivity contribution in [2.75, 3.05) is 5.32 Å². The van der Waals surface area contributed by atoms with E-state index in [1.165, 1.54) is 0 Å². The van der Waals surface area contributed by atoms with Crippen LogP contribution in [0.25, 0.3) is 0 Å². The van der Waals surface area contributed by atoms with Crippen LogP contribution in [-0.2, 0) is 4.79 Å². The van der Waals surface area contributed by atoms with Crippen LogP contribution in [0.5, 0.6) is 0 Å². The molecule has 1 amide bonds. The van der Waals surface area contributed by atoms with E-state index in [-0.39, 0.29) is 11.9 Å². The number of carbonyl (C=O) groups excluding carboxylic acids is 1. The number of hydrogen-bond donors (Lipinski definition) is 2. The van der Waals surface area contributed by atoms with E-state index in [0.717, 1.165) is 11.3 Å². The molecule has 3 N–H and O–H groups in total. The zero-order valence-electron chi connectivity index (χ0n) is 11.9. The van der Waals surface area contributed by atoms with Gasteiger partial charge in [0.25, 0.3) is 0 Å². The Labute approximate surface area is 129 Å². The maximum Gasteiger partial charge on any atom is 0.219 e. The molecule has 0 saturated carbocycles. The van der Waals surface area contributed by atoms with Gasteiger partial charge in [-0.3, -0.25) is 4.79 Å². The van der Waals surface area contributed by atoms with Crippen molar-refractivity contribution in [3.8, 4) is 0 Å². The zero-order chi connectivity index (χ0) is 15.0. The van der Waals surface area contributed by atoms with Crippen molar-refractivity contribution in [2.45, 2.75) is 39.2 Å². The van der Waals surface area contributed by atoms with E-state index in [1.807, 2.05) is 12.1 Å². The first-order valence-corrected chi connectivity index (χ1v) is 7.60. The van der Waals surface area contributed by atoms with Gasteiger partial charge in [0, 0.05) is 18.2 Å². The average Bonchev–Trinajstić information content (AvgIpc) is 2.31. The highest BCUT2D eigenvalue weighted by Crippen LogP contribution is 2.44. The minimum Gasteiger partial charge on any atom is -0.381 e. The fraction of sp³-hybridized carbons (Fsp3) is 0.533. The molecule has 0 saturated heterocycles. The Kier molecular flexibility index (Phi) is 4.50. The summed E-state index contributed by atoms with van der Waals surface area (Å²) in [7, 11) is 0. The molecule has 1 heterocycles. The summed E-state index contributed by atoms with van der Waals surface area (Å²) in [6.07, 6.45) is 0.326. The number of halogens is 2. The molecular formula is C15H20Cl2N2O. The number of amides is 1. The van der Waals surface area contributed by atoms with Gasteiger partial charge in [-0.25, -0.2) is 0 Å². The molecular weight excluding hydrogens is 295 g/mol. The second kappa shape index (κ2) is 5.82. The summed E-state index contributed by atoms with van der Waals surface area (Å²) in [5.74, 6) is 0.769. The lowest BCUT2D eigenvalue weighted by molar-refractivity contribution is -0.118. The number of anilines is 1. The normalized spacial score (nSPS) is 25.2. The van der Waals surface area contributed by atoms with Gasteiger partial charge in [0.2, 0.25) is 5.91 Å². The first-order valence-electron chi connectivity index (χ1n) is 6.85. The van der Waals surface area contributed by atoms with E-state index in [1.54, 1.807) is 0 Å². The summed E-state index contributed by atoms with van der Waals surface area (Å²) < 4.78 is 0. The Morgan fingerprint density at radius 2 is 1.95 bits per heavy atom. The topological polar surface area (TPSA) is 55.1 Å². The van der Waals surface area contributed by atoms with Crippen molar-refractivity contribution in [2.24, 2.45) is 17.6 Å². The van der Waals surface area contributed by atoms with Gasteiger partial charge in [-0.05, 0) is 35.4 Å². The Hall–Kier alpha value is -0.930. The third kappa shape index (κ3) is 2.89. The average molecular weight is 315 g/mol. The summed E-state index contributed by atoms with van der Waals surface area (Å²) in [6, 6.07) is 3.79. The minimum absolute atomic E-state index is 0.0345. The van der Waals surface area contributed by atoms with E-state index < -0.39 is 0 Å². The van der Waals surface area contributed by atoms with Crippen molar-refractivity contribution >= 4 is 34.8 Å². The molecule has 110 valence electrons. The predicted octanol–water partition coefficient (Wildman–Crippen LogP) is 4.04. The van der Waals surface area contributed by atoms with Gasteiger partial charge in [0.15, 0.2) is 0 Å². The number of nitrogens with one attached hydrogen (secondary N) is 1. The number of hydrogen-bond acceptors (Lipinski definition) is 2. The summed E-state index contributed by atoms with van der Waals surface area (Å²) in [5.41, 5.74) is 7.48. The maximum absolute atomic E-state index is 11.3. The number of carbonyl (C=O) groups is 1. The zero-order valence-corrected chi connectivity index (χ0v) is 13.4. The summed E-state index contributed by atoms with van der Waals surface area (Å²) in [6.45, 7) is 6.50. The van der Waals surface area contributed by atoms with Gasteiger partial charge < -0.3 is 11.1 Å². The van der Waals surface area contributed by atoms with Crippen LogP contribution in [0.1, 0.15) is 38.7 Å². The van der Waals surface area contributed by atoms with Crippen LogP contribution in [0.3, 0.4) is 0 Å². The van der Waals surface area contributed by atoms with Crippen LogP contribution in [-0.4, -0.2) is 11.9 Å². The molecule has 0 aliphatic carbocycles. The van der Waals surface area contributed by atoms with Gasteiger partial charge >= 0.3 is 0 Å². The van der Waals surface area contributed by atoms with Crippen LogP contribution in [0.4, 0.5) is 5.69 Å². The Bertz CT molecular complexity index is 531. The SMILES string of the molecule is CC(C)C1C(CC(N)=O)Nc2cc(Cl)c(Cl)cc2C1C. The lowest BCUT2D eigenvalue weighted by atomic mass is 9.72. The highest BCUT2D eigenvalue weighted by atomic mass is 35.5. The minimum atomic E-state index is -0.288. The fourth-order valence-electron chi connectivity index (χ4n) is 3.36. The van der Waals surface area contributed by atoms with E-state index in [0.29, 0.717) is 34.2 Å². The van der Waals surface area contributed by atoms with Crippen LogP contribution in [0.15, 0.2) is 12.1 Å². The second-order valence-electron chi connectivity index (χ2n) is 5.88. The smallest absolute Gasteiger partial charge is 0.219 e. The van der Waals surface area contributed by atoms with Gasteiger partial charge in [0.1, 0.15) is 0 Å². The molecule has 0 spiro atoms. The third-order valence-corrected chi connectivity index (χ3v) is 4.88. The van der Waals surface area contributed by atoms with Crippen molar-refractivity contribution in [3.63, 3.8) is 0 Å². The standard InChI is InChI=1S/C15H20Cl2N2O/c1-7(2)15-8(3)9-4-10(16)11(17)5-12(9)19-13(15)6-14(18)20/h4-5,7-8,13,15,19H,6H2,1-3H3,(H2,18,20). The second-order valence-corrected chi connectivity index (χ2v) is 6.70. The quantitative estimate of drug-likeness (QED) is 0.884. The molecule has 0 bridgehead atoms. The van der Waals surface area contributed by atoms with Crippen LogP contribution in [0.2, 0.25) is 10.0 Å². The van der Waals surface area contributed by atoms with Crippen molar-refractivity contribution in [1.82, 2.24) is 0 Å². The van der Waals surface area contributed by atoms with Crippen molar-refractivity contribution < 1.29 is 4.79 Å². The van der Waals surface area contributed by atoms with Crippen LogP contribution < -0.4 is 11.1 Å². The first-order chi connectivity index (χ1) is 9.31. The summed E-state index contributed by atoms with van der Waals surface area (Å²) in [5, 5.41) is 4.50. The molecule has 3 nitrogen and oxygen atoms in total. The molecule has 1 aliphatic heterocycles. The van der Waals surface area contributed by atoms with E-state index >= 15 is 0 Å². The number of primary amides is 1. The molecule has 1 aromatic carbocycles. The van der Waals surface area contributed by atoms with E-state index in [4.69, 9.17) is 28.9 Å². The third-order valence-electron chi connectivity index (χ3n) is 4.16. The number of rotatable bonds is 3. The largest absolute Gasteiger partial charge is 0.381 e. The Morgan fingerprint density at radius 1 is 1.35 bits per heavy atom. The van der Waals surface area contributed by atoms with Gasteiger partial charge in [0.05, 0.1) is 10.0 Å². The molecule has 0 radical (unpaired) electrons. The molecule has 5 heteroatoms. The molecule has 3 atom stereocenters. The molecule has 1 aliphatic rings. The maximum atomic E-state index is 11.3. The molecule has 20 heavy (non-hydrogen) atoms. The van der Waals surface area contributed by atoms with Crippen molar-refractivity contribution in [3.05, 3.63) is 27.7 Å². The monoisotopic (exact) mass is 314 g/mol. The summed E-state index contributed by atoms with van der Waals surface area (Å²) >= 11 is 12.2. The highest BCUT2D eigenvalue weighted by molar-refractivity contribution is 6.42. The van der Waals surface area contributed by atoms with Crippen LogP contribution in [0, 0.1) is 11.8 Å². The lowest BCUT2D eigenvalue weighted by Crippen LogP contribution is -2.42. The molecule has 1 aromatic rings. The number of nitrogens with two attached hydrogens (primary N) is 1. The van der Waals surface area contributed by atoms with Crippen molar-refractivity contribution in [1.29, 1.82) is 0 Å². The van der Waals surface area contributed by atoms with Gasteiger partial charge in [-0.1, -0.05) is 44.0 Å². The number of benzene rings is 1. The van der Waals surface area contributed by atoms with Crippen LogP contribution >= 0.6 is 23.2 Å². The molecule has 2 rings (SSSR count). The highest BCUT2D eigenvalue weighted by Gasteiger charge is 2.36. The summed E-state index contributed by atoms with van der Waals surface area (Å²) in [4.78, 5) is 11.3. The number of fused-ring (bicyclic) bond motifs is 1. The molecule has 3 unspecified atom stereocenters. The molecule has 0 fully saturated rings. The predicted molar refractivity (Wildman–Crippen MR) is 84.4 cm³/mol.